The van der Waals surface area contributed by atoms with Crippen LogP contribution in [0.4, 0.5) is 17.1 Å². The van der Waals surface area contributed by atoms with Crippen LogP contribution < -0.4 is 16.0 Å². The molecular weight excluding hydrogens is 342 g/mol. The molecule has 2 aromatic rings. The van der Waals surface area contributed by atoms with Gasteiger partial charge in [-0.15, -0.1) is 0 Å². The first-order valence-electron chi connectivity index (χ1n) is 8.90. The summed E-state index contributed by atoms with van der Waals surface area (Å²) in [6.07, 6.45) is 0.548. The van der Waals surface area contributed by atoms with Gasteiger partial charge in [0.2, 0.25) is 17.7 Å². The average molecular weight is 365 g/mol. The number of rotatable bonds is 5. The van der Waals surface area contributed by atoms with Crippen molar-refractivity contribution in [3.05, 3.63) is 53.6 Å². The van der Waals surface area contributed by atoms with Crippen LogP contribution in [0.1, 0.15) is 24.5 Å². The second-order valence-corrected chi connectivity index (χ2v) is 7.00. The van der Waals surface area contributed by atoms with Gasteiger partial charge in [-0.1, -0.05) is 12.1 Å². The smallest absolute Gasteiger partial charge is 0.228 e. The van der Waals surface area contributed by atoms with Gasteiger partial charge in [0.05, 0.1) is 11.8 Å². The maximum Gasteiger partial charge on any atom is 0.228 e. The molecule has 1 saturated carbocycles. The molecule has 3 N–H and O–H groups in total. The molecule has 1 fully saturated rings. The maximum absolute atomic E-state index is 12.4. The Bertz CT molecular complexity index is 890. The SMILES string of the molecule is CC(=O)Nc1ccc(NC(=O)C2CC2C(=O)Nc2cc(C)ccc2C)cc1. The quantitative estimate of drug-likeness (QED) is 0.758. The Hall–Kier alpha value is -3.15. The molecule has 0 saturated heterocycles. The van der Waals surface area contributed by atoms with Crippen LogP contribution in [0.5, 0.6) is 0 Å². The zero-order chi connectivity index (χ0) is 19.6. The number of nitrogens with one attached hydrogen (secondary N) is 3. The van der Waals surface area contributed by atoms with E-state index in [4.69, 9.17) is 0 Å². The minimum atomic E-state index is -0.315. The summed E-state index contributed by atoms with van der Waals surface area (Å²) in [4.78, 5) is 35.8. The van der Waals surface area contributed by atoms with Gasteiger partial charge in [-0.25, -0.2) is 0 Å². The fourth-order valence-electron chi connectivity index (χ4n) is 2.95. The molecule has 1 aliphatic carbocycles. The summed E-state index contributed by atoms with van der Waals surface area (Å²) in [5.41, 5.74) is 4.16. The topological polar surface area (TPSA) is 87.3 Å². The monoisotopic (exact) mass is 365 g/mol. The Morgan fingerprint density at radius 2 is 1.37 bits per heavy atom. The molecular formula is C21H23N3O3. The van der Waals surface area contributed by atoms with Gasteiger partial charge in [-0.2, -0.15) is 0 Å². The lowest BCUT2D eigenvalue weighted by molar-refractivity contribution is -0.122. The highest BCUT2D eigenvalue weighted by Crippen LogP contribution is 2.40. The van der Waals surface area contributed by atoms with Crippen LogP contribution in [0.3, 0.4) is 0 Å². The van der Waals surface area contributed by atoms with E-state index in [0.717, 1.165) is 16.8 Å². The van der Waals surface area contributed by atoms with Crippen LogP contribution in [0.15, 0.2) is 42.5 Å². The first-order chi connectivity index (χ1) is 12.8. The number of amides is 3. The molecule has 2 unspecified atom stereocenters. The van der Waals surface area contributed by atoms with Gasteiger partial charge in [0.15, 0.2) is 0 Å². The van der Waals surface area contributed by atoms with Gasteiger partial charge < -0.3 is 16.0 Å². The van der Waals surface area contributed by atoms with Crippen molar-refractivity contribution in [2.75, 3.05) is 16.0 Å². The third-order valence-electron chi connectivity index (χ3n) is 4.59. The zero-order valence-electron chi connectivity index (χ0n) is 15.6. The number of aryl methyl sites for hydroxylation is 2. The van der Waals surface area contributed by atoms with Crippen LogP contribution in [0.25, 0.3) is 0 Å². The molecule has 0 aliphatic heterocycles. The van der Waals surface area contributed by atoms with E-state index in [1.807, 2.05) is 32.0 Å². The molecule has 0 radical (unpaired) electrons. The predicted octanol–water partition coefficient (Wildman–Crippen LogP) is 3.48. The minimum absolute atomic E-state index is 0.121. The summed E-state index contributed by atoms with van der Waals surface area (Å²) in [6.45, 7) is 5.35. The van der Waals surface area contributed by atoms with E-state index in [9.17, 15) is 14.4 Å². The number of benzene rings is 2. The van der Waals surface area contributed by atoms with E-state index in [0.29, 0.717) is 17.8 Å². The number of carbonyl (C=O) groups is 3. The van der Waals surface area contributed by atoms with E-state index >= 15 is 0 Å². The molecule has 6 heteroatoms. The van der Waals surface area contributed by atoms with Crippen molar-refractivity contribution < 1.29 is 14.4 Å². The third kappa shape index (κ3) is 4.73. The predicted molar refractivity (Wildman–Crippen MR) is 106 cm³/mol. The van der Waals surface area contributed by atoms with Crippen molar-refractivity contribution in [1.82, 2.24) is 0 Å². The molecule has 0 aromatic heterocycles. The Balaban J connectivity index is 1.54. The van der Waals surface area contributed by atoms with Crippen LogP contribution >= 0.6 is 0 Å². The van der Waals surface area contributed by atoms with Gasteiger partial charge in [-0.05, 0) is 61.7 Å². The fraction of sp³-hybridized carbons (Fsp3) is 0.286. The van der Waals surface area contributed by atoms with Gasteiger partial charge in [-0.3, -0.25) is 14.4 Å². The second kappa shape index (κ2) is 7.61. The first-order valence-corrected chi connectivity index (χ1v) is 8.90. The maximum atomic E-state index is 12.4. The highest BCUT2D eigenvalue weighted by Gasteiger charge is 2.48. The summed E-state index contributed by atoms with van der Waals surface area (Å²) in [5, 5.41) is 8.42. The highest BCUT2D eigenvalue weighted by molar-refractivity contribution is 6.03. The second-order valence-electron chi connectivity index (χ2n) is 7.00. The lowest BCUT2D eigenvalue weighted by Crippen LogP contribution is -2.21. The lowest BCUT2D eigenvalue weighted by atomic mass is 10.1. The zero-order valence-corrected chi connectivity index (χ0v) is 15.6. The molecule has 1 aliphatic rings. The summed E-state index contributed by atoms with van der Waals surface area (Å²) in [5.74, 6) is -1.05. The van der Waals surface area contributed by atoms with E-state index in [2.05, 4.69) is 16.0 Å². The summed E-state index contributed by atoms with van der Waals surface area (Å²) in [7, 11) is 0. The Morgan fingerprint density at radius 1 is 0.815 bits per heavy atom. The number of carbonyl (C=O) groups excluding carboxylic acids is 3. The third-order valence-corrected chi connectivity index (χ3v) is 4.59. The summed E-state index contributed by atoms with van der Waals surface area (Å²) in [6, 6.07) is 12.8. The molecule has 3 rings (SSSR count). The molecule has 0 spiro atoms. The summed E-state index contributed by atoms with van der Waals surface area (Å²) >= 11 is 0. The van der Waals surface area contributed by atoms with Gasteiger partial charge in [0.25, 0.3) is 0 Å². The lowest BCUT2D eigenvalue weighted by Gasteiger charge is -2.10. The molecule has 3 amide bonds. The average Bonchev–Trinajstić information content (AvgIpc) is 3.40. The normalized spacial score (nSPS) is 17.7. The van der Waals surface area contributed by atoms with Crippen LogP contribution in [-0.2, 0) is 14.4 Å². The number of hydrogen-bond donors (Lipinski definition) is 3. The van der Waals surface area contributed by atoms with Gasteiger partial charge in [0.1, 0.15) is 0 Å². The van der Waals surface area contributed by atoms with Crippen molar-refractivity contribution in [2.45, 2.75) is 27.2 Å². The van der Waals surface area contributed by atoms with Crippen molar-refractivity contribution in [1.29, 1.82) is 0 Å². The minimum Gasteiger partial charge on any atom is -0.326 e. The van der Waals surface area contributed by atoms with Crippen molar-refractivity contribution >= 4 is 34.8 Å². The summed E-state index contributed by atoms with van der Waals surface area (Å²) < 4.78 is 0. The highest BCUT2D eigenvalue weighted by atomic mass is 16.2. The van der Waals surface area contributed by atoms with Crippen LogP contribution in [0, 0.1) is 25.7 Å². The molecule has 0 heterocycles. The molecule has 0 bridgehead atoms. The molecule has 6 nitrogen and oxygen atoms in total. The molecule has 2 atom stereocenters. The Labute approximate surface area is 158 Å². The largest absolute Gasteiger partial charge is 0.326 e. The van der Waals surface area contributed by atoms with E-state index in [-0.39, 0.29) is 29.6 Å². The van der Waals surface area contributed by atoms with Crippen molar-refractivity contribution in [3.63, 3.8) is 0 Å². The Morgan fingerprint density at radius 3 is 1.96 bits per heavy atom. The van der Waals surface area contributed by atoms with Crippen molar-refractivity contribution in [3.8, 4) is 0 Å². The Kier molecular flexibility index (Phi) is 5.26. The van der Waals surface area contributed by atoms with Crippen LogP contribution in [0.2, 0.25) is 0 Å². The number of anilines is 3. The fourth-order valence-corrected chi connectivity index (χ4v) is 2.95. The van der Waals surface area contributed by atoms with Crippen LogP contribution in [-0.4, -0.2) is 17.7 Å². The van der Waals surface area contributed by atoms with Crippen molar-refractivity contribution in [2.24, 2.45) is 11.8 Å². The van der Waals surface area contributed by atoms with Gasteiger partial charge >= 0.3 is 0 Å². The van der Waals surface area contributed by atoms with Gasteiger partial charge in [0, 0.05) is 24.0 Å². The van der Waals surface area contributed by atoms with E-state index < -0.39 is 0 Å². The molecule has 140 valence electrons. The standard InChI is InChI=1S/C21H23N3O3/c1-12-4-5-13(2)19(10-12)24-21(27)18-11-17(18)20(26)23-16-8-6-15(7-9-16)22-14(3)25/h4-10,17-18H,11H2,1-3H3,(H,22,25)(H,23,26)(H,24,27). The number of hydrogen-bond acceptors (Lipinski definition) is 3. The first kappa shape index (κ1) is 18.6. The molecule has 2 aromatic carbocycles. The van der Waals surface area contributed by atoms with E-state index in [1.54, 1.807) is 24.3 Å². The molecule has 27 heavy (non-hydrogen) atoms. The van der Waals surface area contributed by atoms with E-state index in [1.165, 1.54) is 6.92 Å².